The first-order chi connectivity index (χ1) is 8.74. The molecule has 0 N–H and O–H groups in total. The molecule has 2 aromatic rings. The van der Waals surface area contributed by atoms with Crippen molar-refractivity contribution >= 4 is 23.2 Å². The van der Waals surface area contributed by atoms with Gasteiger partial charge in [0.1, 0.15) is 5.75 Å². The zero-order valence-electron chi connectivity index (χ0n) is 9.94. The summed E-state index contributed by atoms with van der Waals surface area (Å²) in [6, 6.07) is 5.46. The van der Waals surface area contributed by atoms with Crippen LogP contribution in [-0.2, 0) is 6.42 Å². The molecule has 0 aliphatic rings. The van der Waals surface area contributed by atoms with Crippen LogP contribution in [0.25, 0.3) is 5.69 Å². The van der Waals surface area contributed by atoms with E-state index in [4.69, 9.17) is 27.9 Å². The number of aromatic nitrogens is 3. The molecule has 0 fully saturated rings. The molecule has 0 aliphatic carbocycles. The van der Waals surface area contributed by atoms with E-state index in [1.807, 2.05) is 18.3 Å². The normalized spacial score (nSPS) is 10.6. The highest BCUT2D eigenvalue weighted by atomic mass is 35.5. The topological polar surface area (TPSA) is 39.9 Å². The summed E-state index contributed by atoms with van der Waals surface area (Å²) in [6.45, 7) is 0. The monoisotopic (exact) mass is 285 g/mol. The fraction of sp³-hybridized carbons (Fsp3) is 0.333. The number of hydrogen-bond acceptors (Lipinski definition) is 3. The van der Waals surface area contributed by atoms with E-state index < -0.39 is 0 Å². The summed E-state index contributed by atoms with van der Waals surface area (Å²) < 4.78 is 6.86. The third-order valence-corrected chi connectivity index (χ3v) is 3.09. The van der Waals surface area contributed by atoms with Crippen LogP contribution < -0.4 is 4.74 Å². The second kappa shape index (κ2) is 6.07. The van der Waals surface area contributed by atoms with Gasteiger partial charge in [-0.3, -0.25) is 0 Å². The molecule has 0 amide bonds. The lowest BCUT2D eigenvalue weighted by molar-refractivity contribution is 0.414. The maximum absolute atomic E-state index is 5.97. The third kappa shape index (κ3) is 2.94. The zero-order chi connectivity index (χ0) is 13.0. The number of aryl methyl sites for hydroxylation is 1. The van der Waals surface area contributed by atoms with Gasteiger partial charge in [0.05, 0.1) is 29.7 Å². The Balaban J connectivity index is 2.23. The molecular weight excluding hydrogens is 273 g/mol. The lowest BCUT2D eigenvalue weighted by Crippen LogP contribution is -1.96. The van der Waals surface area contributed by atoms with Crippen LogP contribution in [0.1, 0.15) is 12.1 Å². The number of halogens is 2. The molecule has 0 aliphatic heterocycles. The number of alkyl halides is 1. The van der Waals surface area contributed by atoms with Crippen LogP contribution in [0.2, 0.25) is 5.02 Å². The molecule has 4 nitrogen and oxygen atoms in total. The van der Waals surface area contributed by atoms with Gasteiger partial charge in [0.25, 0.3) is 0 Å². The lowest BCUT2D eigenvalue weighted by atomic mass is 10.2. The fourth-order valence-electron chi connectivity index (χ4n) is 1.58. The molecule has 0 bridgehead atoms. The Kier molecular flexibility index (Phi) is 4.44. The maximum atomic E-state index is 5.97. The second-order valence-corrected chi connectivity index (χ2v) is 4.55. The first kappa shape index (κ1) is 13.2. The van der Waals surface area contributed by atoms with E-state index in [2.05, 4.69) is 10.3 Å². The smallest absolute Gasteiger partial charge is 0.139 e. The van der Waals surface area contributed by atoms with Crippen LogP contribution >= 0.6 is 23.2 Å². The maximum Gasteiger partial charge on any atom is 0.139 e. The molecule has 1 heterocycles. The highest BCUT2D eigenvalue weighted by Crippen LogP contribution is 2.26. The zero-order valence-corrected chi connectivity index (χ0v) is 11.4. The number of rotatable bonds is 5. The Labute approximate surface area is 115 Å². The standard InChI is InChI=1S/C12H13Cl2N3O/c1-18-12-7-10(4-5-11(12)14)17-8-9(15-16-17)3-2-6-13/h4-5,7-8H,2-3,6H2,1H3. The van der Waals surface area contributed by atoms with Gasteiger partial charge < -0.3 is 4.74 Å². The first-order valence-corrected chi connectivity index (χ1v) is 6.47. The Hall–Kier alpha value is -1.26. The van der Waals surface area contributed by atoms with Crippen LogP contribution in [0, 0.1) is 0 Å². The summed E-state index contributed by atoms with van der Waals surface area (Å²) in [5, 5.41) is 8.73. The fourth-order valence-corrected chi connectivity index (χ4v) is 1.91. The van der Waals surface area contributed by atoms with Crippen molar-refractivity contribution < 1.29 is 4.74 Å². The average molecular weight is 286 g/mol. The molecule has 0 unspecified atom stereocenters. The average Bonchev–Trinajstić information content (AvgIpc) is 2.85. The van der Waals surface area contributed by atoms with E-state index in [0.717, 1.165) is 24.2 Å². The predicted octanol–water partition coefficient (Wildman–Crippen LogP) is 3.10. The lowest BCUT2D eigenvalue weighted by Gasteiger charge is -2.05. The van der Waals surface area contributed by atoms with Gasteiger partial charge in [0.2, 0.25) is 0 Å². The van der Waals surface area contributed by atoms with Crippen molar-refractivity contribution in [2.75, 3.05) is 13.0 Å². The first-order valence-electron chi connectivity index (χ1n) is 5.55. The van der Waals surface area contributed by atoms with Crippen molar-refractivity contribution in [2.24, 2.45) is 0 Å². The van der Waals surface area contributed by atoms with Gasteiger partial charge in [-0.15, -0.1) is 16.7 Å². The van der Waals surface area contributed by atoms with Gasteiger partial charge in [-0.1, -0.05) is 16.8 Å². The van der Waals surface area contributed by atoms with Crippen molar-refractivity contribution in [3.63, 3.8) is 0 Å². The molecular formula is C12H13Cl2N3O. The minimum atomic E-state index is 0.573. The Morgan fingerprint density at radius 2 is 2.22 bits per heavy atom. The van der Waals surface area contributed by atoms with Crippen molar-refractivity contribution in [2.45, 2.75) is 12.8 Å². The van der Waals surface area contributed by atoms with Crippen molar-refractivity contribution in [3.8, 4) is 11.4 Å². The Morgan fingerprint density at radius 1 is 1.39 bits per heavy atom. The summed E-state index contributed by atoms with van der Waals surface area (Å²) in [5.41, 5.74) is 1.78. The molecule has 0 saturated carbocycles. The number of benzene rings is 1. The van der Waals surface area contributed by atoms with E-state index >= 15 is 0 Å². The van der Waals surface area contributed by atoms with Gasteiger partial charge in [-0.05, 0) is 25.0 Å². The number of nitrogens with zero attached hydrogens (tertiary/aromatic N) is 3. The van der Waals surface area contributed by atoms with E-state index in [-0.39, 0.29) is 0 Å². The largest absolute Gasteiger partial charge is 0.495 e. The van der Waals surface area contributed by atoms with Gasteiger partial charge in [-0.2, -0.15) is 0 Å². The SMILES string of the molecule is COc1cc(-n2cc(CCCCl)nn2)ccc1Cl. The van der Waals surface area contributed by atoms with Crippen LogP contribution in [0.4, 0.5) is 0 Å². The summed E-state index contributed by atoms with van der Waals surface area (Å²) >= 11 is 11.6. The van der Waals surface area contributed by atoms with Crippen molar-refractivity contribution in [3.05, 3.63) is 35.1 Å². The van der Waals surface area contributed by atoms with Crippen LogP contribution in [0.15, 0.2) is 24.4 Å². The third-order valence-electron chi connectivity index (χ3n) is 2.51. The summed E-state index contributed by atoms with van der Waals surface area (Å²) in [7, 11) is 1.58. The molecule has 96 valence electrons. The molecule has 18 heavy (non-hydrogen) atoms. The van der Waals surface area contributed by atoms with Crippen molar-refractivity contribution in [1.29, 1.82) is 0 Å². The molecule has 0 radical (unpaired) electrons. The highest BCUT2D eigenvalue weighted by molar-refractivity contribution is 6.32. The van der Waals surface area contributed by atoms with E-state index in [9.17, 15) is 0 Å². The summed E-state index contributed by atoms with van der Waals surface area (Å²) in [4.78, 5) is 0. The molecule has 0 spiro atoms. The van der Waals surface area contributed by atoms with Gasteiger partial charge in [0.15, 0.2) is 0 Å². The molecule has 0 atom stereocenters. The minimum Gasteiger partial charge on any atom is -0.495 e. The highest BCUT2D eigenvalue weighted by Gasteiger charge is 2.06. The molecule has 0 saturated heterocycles. The van der Waals surface area contributed by atoms with Gasteiger partial charge in [-0.25, -0.2) is 4.68 Å². The molecule has 2 rings (SSSR count). The Morgan fingerprint density at radius 3 is 2.94 bits per heavy atom. The number of ether oxygens (including phenoxy) is 1. The van der Waals surface area contributed by atoms with E-state index in [1.54, 1.807) is 17.9 Å². The second-order valence-electron chi connectivity index (χ2n) is 3.77. The van der Waals surface area contributed by atoms with Crippen LogP contribution in [0.5, 0.6) is 5.75 Å². The molecule has 6 heteroatoms. The summed E-state index contributed by atoms with van der Waals surface area (Å²) in [6.07, 6.45) is 3.60. The van der Waals surface area contributed by atoms with E-state index in [1.165, 1.54) is 0 Å². The number of hydrogen-bond donors (Lipinski definition) is 0. The molecule has 1 aromatic heterocycles. The van der Waals surface area contributed by atoms with Crippen LogP contribution in [0.3, 0.4) is 0 Å². The summed E-state index contributed by atoms with van der Waals surface area (Å²) in [5.74, 6) is 1.24. The van der Waals surface area contributed by atoms with Crippen molar-refractivity contribution in [1.82, 2.24) is 15.0 Å². The predicted molar refractivity (Wildman–Crippen MR) is 72.0 cm³/mol. The minimum absolute atomic E-state index is 0.573. The van der Waals surface area contributed by atoms with Crippen LogP contribution in [-0.4, -0.2) is 28.0 Å². The van der Waals surface area contributed by atoms with E-state index in [0.29, 0.717) is 16.7 Å². The quantitative estimate of drug-likeness (QED) is 0.793. The molecule has 1 aromatic carbocycles. The number of methoxy groups -OCH3 is 1. The van der Waals surface area contributed by atoms with Gasteiger partial charge >= 0.3 is 0 Å². The Bertz CT molecular complexity index is 528. The van der Waals surface area contributed by atoms with Gasteiger partial charge in [0, 0.05) is 11.9 Å².